The van der Waals surface area contributed by atoms with E-state index < -0.39 is 4.92 Å². The van der Waals surface area contributed by atoms with Crippen molar-refractivity contribution < 1.29 is 14.2 Å². The Bertz CT molecular complexity index is 880. The molecule has 128 valence electrons. The van der Waals surface area contributed by atoms with E-state index in [1.165, 1.54) is 19.0 Å². The lowest BCUT2D eigenvalue weighted by Crippen LogP contribution is -2.10. The largest absolute Gasteiger partial charge is 0.490 e. The predicted molar refractivity (Wildman–Crippen MR) is 86.9 cm³/mol. The van der Waals surface area contributed by atoms with Gasteiger partial charge in [0, 0.05) is 5.56 Å². The van der Waals surface area contributed by atoms with Crippen molar-refractivity contribution in [3.05, 3.63) is 40.6 Å². The second kappa shape index (κ2) is 6.34. The van der Waals surface area contributed by atoms with Crippen LogP contribution >= 0.6 is 0 Å². The van der Waals surface area contributed by atoms with Gasteiger partial charge in [-0.15, -0.1) is 0 Å². The van der Waals surface area contributed by atoms with E-state index in [0.717, 1.165) is 24.2 Å². The van der Waals surface area contributed by atoms with E-state index in [0.29, 0.717) is 11.9 Å². The van der Waals surface area contributed by atoms with Crippen LogP contribution in [0.3, 0.4) is 0 Å². The van der Waals surface area contributed by atoms with Crippen molar-refractivity contribution in [2.45, 2.75) is 31.8 Å². The second-order valence-electron chi connectivity index (χ2n) is 5.84. The number of imidazole rings is 1. The van der Waals surface area contributed by atoms with Gasteiger partial charge in [0.2, 0.25) is 5.82 Å². The van der Waals surface area contributed by atoms with Gasteiger partial charge in [-0.25, -0.2) is 0 Å². The number of H-pyrrole nitrogens is 1. The lowest BCUT2D eigenvalue weighted by Gasteiger charge is -2.12. The van der Waals surface area contributed by atoms with Gasteiger partial charge in [0.1, 0.15) is 11.9 Å². The Morgan fingerprint density at radius 1 is 1.20 bits per heavy atom. The minimum absolute atomic E-state index is 0.0920. The Morgan fingerprint density at radius 2 is 1.96 bits per heavy atom. The summed E-state index contributed by atoms with van der Waals surface area (Å²) in [6, 6.07) is 7.45. The SMILES string of the molecule is O=[N+]([O-])c1c[nH]c(-c2nc(-c3ccc(OC4CCCC4)cc3)no2)n1. The molecule has 1 N–H and O–H groups in total. The molecular weight excluding hydrogens is 326 g/mol. The molecule has 25 heavy (non-hydrogen) atoms. The van der Waals surface area contributed by atoms with Crippen molar-refractivity contribution in [1.29, 1.82) is 0 Å². The summed E-state index contributed by atoms with van der Waals surface area (Å²) in [5, 5.41) is 14.6. The fraction of sp³-hybridized carbons (Fsp3) is 0.312. The molecule has 0 saturated heterocycles. The normalized spacial score (nSPS) is 14.7. The first-order valence-corrected chi connectivity index (χ1v) is 8.00. The molecule has 1 fully saturated rings. The summed E-state index contributed by atoms with van der Waals surface area (Å²) in [5.41, 5.74) is 0.759. The lowest BCUT2D eigenvalue weighted by molar-refractivity contribution is -0.389. The zero-order valence-corrected chi connectivity index (χ0v) is 13.2. The van der Waals surface area contributed by atoms with E-state index in [1.807, 2.05) is 24.3 Å². The average molecular weight is 341 g/mol. The van der Waals surface area contributed by atoms with Crippen molar-refractivity contribution in [1.82, 2.24) is 20.1 Å². The van der Waals surface area contributed by atoms with Crippen molar-refractivity contribution in [3.63, 3.8) is 0 Å². The minimum Gasteiger partial charge on any atom is -0.490 e. The lowest BCUT2D eigenvalue weighted by atomic mass is 10.2. The molecule has 1 aliphatic rings. The number of hydrogen-bond donors (Lipinski definition) is 1. The molecule has 4 rings (SSSR count). The second-order valence-corrected chi connectivity index (χ2v) is 5.84. The molecule has 9 heteroatoms. The van der Waals surface area contributed by atoms with Gasteiger partial charge in [-0.1, -0.05) is 5.16 Å². The first-order valence-electron chi connectivity index (χ1n) is 8.00. The molecule has 0 atom stereocenters. The highest BCUT2D eigenvalue weighted by Crippen LogP contribution is 2.27. The molecule has 1 aliphatic carbocycles. The smallest absolute Gasteiger partial charge is 0.382 e. The Hall–Kier alpha value is -3.23. The van der Waals surface area contributed by atoms with E-state index >= 15 is 0 Å². The van der Waals surface area contributed by atoms with Crippen LogP contribution in [0.25, 0.3) is 23.1 Å². The molecule has 0 spiro atoms. The number of nitro groups is 1. The topological polar surface area (TPSA) is 120 Å². The van der Waals surface area contributed by atoms with E-state index in [-0.39, 0.29) is 17.5 Å². The molecule has 1 aromatic carbocycles. The summed E-state index contributed by atoms with van der Waals surface area (Å²) in [5.74, 6) is 1.15. The Kier molecular flexibility index (Phi) is 3.88. The number of hydrogen-bond acceptors (Lipinski definition) is 7. The van der Waals surface area contributed by atoms with Crippen LogP contribution in [0, 0.1) is 10.1 Å². The highest BCUT2D eigenvalue weighted by Gasteiger charge is 2.21. The quantitative estimate of drug-likeness (QED) is 0.558. The van der Waals surface area contributed by atoms with Gasteiger partial charge in [-0.2, -0.15) is 4.98 Å². The molecule has 3 aromatic rings. The fourth-order valence-corrected chi connectivity index (χ4v) is 2.83. The van der Waals surface area contributed by atoms with E-state index in [1.54, 1.807) is 0 Å². The van der Waals surface area contributed by atoms with Crippen molar-refractivity contribution in [2.24, 2.45) is 0 Å². The van der Waals surface area contributed by atoms with Crippen molar-refractivity contribution in [2.75, 3.05) is 0 Å². The molecule has 0 aliphatic heterocycles. The minimum atomic E-state index is -0.597. The molecule has 0 bridgehead atoms. The maximum absolute atomic E-state index is 10.7. The van der Waals surface area contributed by atoms with E-state index in [2.05, 4.69) is 20.1 Å². The number of aromatic nitrogens is 4. The zero-order chi connectivity index (χ0) is 17.2. The van der Waals surface area contributed by atoms with Gasteiger partial charge >= 0.3 is 17.5 Å². The first-order chi connectivity index (χ1) is 12.2. The standard InChI is InChI=1S/C16H15N5O4/c22-21(23)13-9-17-15(18-13)16-19-14(20-25-16)10-5-7-12(8-6-10)24-11-3-1-2-4-11/h5-9,11H,1-4H2,(H,17,18). The first kappa shape index (κ1) is 15.3. The Balaban J connectivity index is 1.50. The molecule has 0 amide bonds. The number of rotatable bonds is 5. The van der Waals surface area contributed by atoms with Crippen LogP contribution in [0.5, 0.6) is 5.75 Å². The predicted octanol–water partition coefficient (Wildman–Crippen LogP) is 3.36. The third-order valence-electron chi connectivity index (χ3n) is 4.10. The summed E-state index contributed by atoms with van der Waals surface area (Å²) in [6.07, 6.45) is 6.13. The summed E-state index contributed by atoms with van der Waals surface area (Å²) in [6.45, 7) is 0. The Labute approximate surface area is 142 Å². The van der Waals surface area contributed by atoms with Crippen LogP contribution in [-0.2, 0) is 0 Å². The van der Waals surface area contributed by atoms with Crippen LogP contribution in [-0.4, -0.2) is 31.1 Å². The highest BCUT2D eigenvalue weighted by molar-refractivity contribution is 5.58. The van der Waals surface area contributed by atoms with Crippen LogP contribution < -0.4 is 4.74 Å². The third-order valence-corrected chi connectivity index (χ3v) is 4.10. The number of nitrogens with one attached hydrogen (secondary N) is 1. The zero-order valence-electron chi connectivity index (χ0n) is 13.2. The fourth-order valence-electron chi connectivity index (χ4n) is 2.83. The summed E-state index contributed by atoms with van der Waals surface area (Å²) in [4.78, 5) is 20.7. The van der Waals surface area contributed by atoms with Crippen LogP contribution in [0.2, 0.25) is 0 Å². The van der Waals surface area contributed by atoms with Gasteiger partial charge < -0.3 is 24.4 Å². The maximum Gasteiger partial charge on any atom is 0.382 e. The van der Waals surface area contributed by atoms with Crippen LogP contribution in [0.15, 0.2) is 35.0 Å². The highest BCUT2D eigenvalue weighted by atomic mass is 16.6. The summed E-state index contributed by atoms with van der Waals surface area (Å²) >= 11 is 0. The third kappa shape index (κ3) is 3.21. The number of benzene rings is 1. The molecular formula is C16H15N5O4. The van der Waals surface area contributed by atoms with Crippen LogP contribution in [0.4, 0.5) is 5.82 Å². The number of ether oxygens (including phenoxy) is 1. The monoisotopic (exact) mass is 341 g/mol. The molecule has 2 heterocycles. The molecule has 0 radical (unpaired) electrons. The van der Waals surface area contributed by atoms with Gasteiger partial charge in [-0.3, -0.25) is 0 Å². The molecule has 2 aromatic heterocycles. The van der Waals surface area contributed by atoms with Gasteiger partial charge in [-0.05, 0) is 59.9 Å². The molecule has 0 unspecified atom stereocenters. The van der Waals surface area contributed by atoms with Crippen molar-refractivity contribution >= 4 is 5.82 Å². The number of aromatic amines is 1. The van der Waals surface area contributed by atoms with Crippen molar-refractivity contribution in [3.8, 4) is 28.9 Å². The van der Waals surface area contributed by atoms with Crippen LogP contribution in [0.1, 0.15) is 25.7 Å². The summed E-state index contributed by atoms with van der Waals surface area (Å²) < 4.78 is 11.1. The summed E-state index contributed by atoms with van der Waals surface area (Å²) in [7, 11) is 0. The van der Waals surface area contributed by atoms with E-state index in [4.69, 9.17) is 9.26 Å². The Morgan fingerprint density at radius 3 is 2.64 bits per heavy atom. The van der Waals surface area contributed by atoms with Gasteiger partial charge in [0.15, 0.2) is 0 Å². The average Bonchev–Trinajstić information content (AvgIpc) is 3.36. The van der Waals surface area contributed by atoms with Gasteiger partial charge in [0.05, 0.1) is 6.10 Å². The van der Waals surface area contributed by atoms with E-state index in [9.17, 15) is 10.1 Å². The maximum atomic E-state index is 10.7. The molecule has 1 saturated carbocycles. The molecule has 9 nitrogen and oxygen atoms in total. The number of nitrogens with zero attached hydrogens (tertiary/aromatic N) is 4. The van der Waals surface area contributed by atoms with Gasteiger partial charge in [0.25, 0.3) is 0 Å².